The molecule has 1 atom stereocenters. The van der Waals surface area contributed by atoms with Crippen molar-refractivity contribution in [3.05, 3.63) is 47.0 Å². The summed E-state index contributed by atoms with van der Waals surface area (Å²) in [5.74, 6) is -5.67. The predicted molar refractivity (Wildman–Crippen MR) is 92.5 cm³/mol. The first-order valence-electron chi connectivity index (χ1n) is 7.79. The molecule has 8 heteroatoms. The Labute approximate surface area is 155 Å². The van der Waals surface area contributed by atoms with E-state index in [0.717, 1.165) is 7.11 Å². The summed E-state index contributed by atoms with van der Waals surface area (Å²) in [5, 5.41) is 0.341. The van der Waals surface area contributed by atoms with Crippen LogP contribution in [-0.2, 0) is 28.6 Å². The molecule has 0 amide bonds. The average molecular weight is 387 g/mol. The first kappa shape index (κ1) is 21.6. The Kier molecular flexibility index (Phi) is 7.76. The molecule has 0 saturated heterocycles. The topological polar surface area (TPSA) is 78.9 Å². The molecule has 0 radical (unpaired) electrons. The summed E-state index contributed by atoms with van der Waals surface area (Å²) in [5.41, 5.74) is -3.67. The molecular formula is C18H20ClFO6. The summed E-state index contributed by atoms with van der Waals surface area (Å²) in [7, 11) is 1.07. The summed E-state index contributed by atoms with van der Waals surface area (Å²) in [4.78, 5) is 36.7. The molecule has 0 aliphatic rings. The quantitative estimate of drug-likeness (QED) is 0.296. The van der Waals surface area contributed by atoms with Gasteiger partial charge in [0.05, 0.1) is 26.2 Å². The van der Waals surface area contributed by atoms with E-state index in [2.05, 4.69) is 11.3 Å². The summed E-state index contributed by atoms with van der Waals surface area (Å²) in [6.07, 6.45) is 0. The van der Waals surface area contributed by atoms with Crippen molar-refractivity contribution in [1.82, 2.24) is 0 Å². The fraction of sp³-hybridized carbons (Fsp3) is 0.389. The molecule has 0 saturated carbocycles. The van der Waals surface area contributed by atoms with Crippen molar-refractivity contribution in [2.24, 2.45) is 0 Å². The minimum atomic E-state index is -3.33. The number of hydrogen-bond donors (Lipinski definition) is 0. The lowest BCUT2D eigenvalue weighted by atomic mass is 9.78. The Bertz CT molecular complexity index is 667. The normalized spacial score (nSPS) is 12.0. The van der Waals surface area contributed by atoms with E-state index in [1.54, 1.807) is 0 Å². The number of esters is 3. The summed E-state index contributed by atoms with van der Waals surface area (Å²) in [6, 6.07) is 5.58. The van der Waals surface area contributed by atoms with E-state index in [-0.39, 0.29) is 18.8 Å². The van der Waals surface area contributed by atoms with Crippen LogP contribution in [0, 0.1) is 0 Å². The van der Waals surface area contributed by atoms with Gasteiger partial charge in [0.15, 0.2) is 0 Å². The molecule has 0 fully saturated rings. The smallest absolute Gasteiger partial charge is 0.356 e. The zero-order valence-electron chi connectivity index (χ0n) is 14.7. The number of carbonyl (C=O) groups excluding carboxylic acids is 3. The number of carbonyl (C=O) groups is 3. The van der Waals surface area contributed by atoms with Crippen LogP contribution in [0.5, 0.6) is 0 Å². The Morgan fingerprint density at radius 2 is 1.58 bits per heavy atom. The highest BCUT2D eigenvalue weighted by Crippen LogP contribution is 2.40. The lowest BCUT2D eigenvalue weighted by molar-refractivity contribution is -0.176. The maximum absolute atomic E-state index is 15.9. The zero-order valence-corrected chi connectivity index (χ0v) is 15.5. The van der Waals surface area contributed by atoms with Crippen LogP contribution in [0.2, 0.25) is 5.02 Å². The maximum Gasteiger partial charge on any atom is 0.356 e. The lowest BCUT2D eigenvalue weighted by Gasteiger charge is -2.30. The number of methoxy groups -OCH3 is 1. The van der Waals surface area contributed by atoms with Gasteiger partial charge in [-0.2, -0.15) is 0 Å². The number of alkyl halides is 1. The fourth-order valence-corrected chi connectivity index (χ4v) is 2.49. The number of halogens is 2. The van der Waals surface area contributed by atoms with Crippen molar-refractivity contribution in [2.45, 2.75) is 25.4 Å². The molecule has 1 aromatic rings. The van der Waals surface area contributed by atoms with Crippen molar-refractivity contribution in [2.75, 3.05) is 20.3 Å². The van der Waals surface area contributed by atoms with E-state index in [0.29, 0.717) is 5.02 Å². The number of ether oxygens (including phenoxy) is 3. The van der Waals surface area contributed by atoms with E-state index in [9.17, 15) is 14.4 Å². The minimum Gasteiger partial charge on any atom is -0.466 e. The summed E-state index contributed by atoms with van der Waals surface area (Å²) in [6.45, 7) is 6.06. The van der Waals surface area contributed by atoms with Gasteiger partial charge in [-0.3, -0.25) is 0 Å². The van der Waals surface area contributed by atoms with Crippen LogP contribution in [0.15, 0.2) is 36.4 Å². The van der Waals surface area contributed by atoms with Gasteiger partial charge in [-0.05, 0) is 31.5 Å². The van der Waals surface area contributed by atoms with E-state index < -0.39 is 35.1 Å². The maximum atomic E-state index is 15.9. The molecule has 1 rings (SSSR count). The molecule has 26 heavy (non-hydrogen) atoms. The standard InChI is InChI=1S/C18H20ClFO6/c1-5-25-16(22)18(20,17(23)26-6-2)14(11(3)15(21)24-4)12-7-9-13(19)10-8-12/h7-10,14H,3,5-6H2,1-2,4H3/t14-/m0/s1. The van der Waals surface area contributed by atoms with Crippen LogP contribution in [0.4, 0.5) is 4.39 Å². The van der Waals surface area contributed by atoms with E-state index in [4.69, 9.17) is 21.1 Å². The molecule has 0 bridgehead atoms. The minimum absolute atomic E-state index is 0.105. The van der Waals surface area contributed by atoms with Crippen LogP contribution in [0.3, 0.4) is 0 Å². The van der Waals surface area contributed by atoms with Crippen molar-refractivity contribution in [3.63, 3.8) is 0 Å². The van der Waals surface area contributed by atoms with E-state index in [1.165, 1.54) is 38.1 Å². The Balaban J connectivity index is 3.62. The molecule has 0 aliphatic heterocycles. The van der Waals surface area contributed by atoms with Gasteiger partial charge in [-0.1, -0.05) is 30.3 Å². The second kappa shape index (κ2) is 9.33. The molecule has 6 nitrogen and oxygen atoms in total. The van der Waals surface area contributed by atoms with Gasteiger partial charge in [-0.25, -0.2) is 18.8 Å². The van der Waals surface area contributed by atoms with Crippen molar-refractivity contribution in [3.8, 4) is 0 Å². The molecule has 0 heterocycles. The molecule has 0 aliphatic carbocycles. The number of rotatable bonds is 8. The Hall–Kier alpha value is -2.41. The molecule has 0 spiro atoms. The third kappa shape index (κ3) is 4.40. The van der Waals surface area contributed by atoms with Crippen LogP contribution in [-0.4, -0.2) is 43.9 Å². The highest BCUT2D eigenvalue weighted by atomic mass is 35.5. The highest BCUT2D eigenvalue weighted by molar-refractivity contribution is 6.30. The SMILES string of the molecule is C=C(C(=O)OC)[C@@H](c1ccc(Cl)cc1)C(F)(C(=O)OCC)C(=O)OCC. The fourth-order valence-electron chi connectivity index (χ4n) is 2.37. The van der Waals surface area contributed by atoms with E-state index in [1.807, 2.05) is 0 Å². The first-order chi connectivity index (χ1) is 12.2. The van der Waals surface area contributed by atoms with Gasteiger partial charge in [-0.15, -0.1) is 0 Å². The van der Waals surface area contributed by atoms with Crippen LogP contribution >= 0.6 is 11.6 Å². The van der Waals surface area contributed by atoms with E-state index >= 15 is 4.39 Å². The molecule has 142 valence electrons. The molecule has 0 N–H and O–H groups in total. The highest BCUT2D eigenvalue weighted by Gasteiger charge is 2.58. The van der Waals surface area contributed by atoms with Crippen molar-refractivity contribution in [1.29, 1.82) is 0 Å². The zero-order chi connectivity index (χ0) is 19.9. The predicted octanol–water partition coefficient (Wildman–Crippen LogP) is 2.99. The lowest BCUT2D eigenvalue weighted by Crippen LogP contribution is -2.51. The van der Waals surface area contributed by atoms with Crippen LogP contribution in [0.1, 0.15) is 25.3 Å². The molecule has 0 aromatic heterocycles. The van der Waals surface area contributed by atoms with Gasteiger partial charge < -0.3 is 14.2 Å². The monoisotopic (exact) mass is 386 g/mol. The third-order valence-electron chi connectivity index (χ3n) is 3.54. The third-order valence-corrected chi connectivity index (χ3v) is 3.79. The Morgan fingerprint density at radius 1 is 1.12 bits per heavy atom. The second-order valence-electron chi connectivity index (χ2n) is 5.15. The number of hydrogen-bond acceptors (Lipinski definition) is 6. The van der Waals surface area contributed by atoms with Gasteiger partial charge in [0.1, 0.15) is 0 Å². The molecular weight excluding hydrogens is 367 g/mol. The van der Waals surface area contributed by atoms with Gasteiger partial charge in [0, 0.05) is 10.6 Å². The molecule has 0 unspecified atom stereocenters. The summed E-state index contributed by atoms with van der Waals surface area (Å²) < 4.78 is 29.9. The second-order valence-corrected chi connectivity index (χ2v) is 5.59. The Morgan fingerprint density at radius 3 is 1.96 bits per heavy atom. The van der Waals surface area contributed by atoms with Crippen LogP contribution in [0.25, 0.3) is 0 Å². The molecule has 1 aromatic carbocycles. The average Bonchev–Trinajstić information content (AvgIpc) is 2.62. The number of benzene rings is 1. The summed E-state index contributed by atoms with van der Waals surface area (Å²) >= 11 is 5.83. The van der Waals surface area contributed by atoms with Gasteiger partial charge >= 0.3 is 23.6 Å². The van der Waals surface area contributed by atoms with Crippen molar-refractivity contribution >= 4 is 29.5 Å². The van der Waals surface area contributed by atoms with Crippen LogP contribution < -0.4 is 0 Å². The van der Waals surface area contributed by atoms with Crippen molar-refractivity contribution < 1.29 is 33.0 Å². The largest absolute Gasteiger partial charge is 0.466 e. The van der Waals surface area contributed by atoms with Gasteiger partial charge in [0.2, 0.25) is 0 Å². The van der Waals surface area contributed by atoms with Gasteiger partial charge in [0.25, 0.3) is 0 Å². The first-order valence-corrected chi connectivity index (χ1v) is 8.17.